The first-order chi connectivity index (χ1) is 10.0. The van der Waals surface area contributed by atoms with Crippen molar-refractivity contribution in [1.82, 2.24) is 14.8 Å². The molecule has 21 heavy (non-hydrogen) atoms. The van der Waals surface area contributed by atoms with E-state index in [2.05, 4.69) is 10.1 Å². The number of benzene rings is 1. The molecule has 0 aliphatic rings. The van der Waals surface area contributed by atoms with Crippen LogP contribution in [0.2, 0.25) is 4.34 Å². The highest BCUT2D eigenvalue weighted by Crippen LogP contribution is 2.28. The van der Waals surface area contributed by atoms with E-state index in [0.717, 1.165) is 17.0 Å². The molecule has 0 bridgehead atoms. The molecule has 1 aromatic carbocycles. The lowest BCUT2D eigenvalue weighted by atomic mass is 10.3. The van der Waals surface area contributed by atoms with Crippen LogP contribution in [-0.4, -0.2) is 23.2 Å². The topological polar surface area (TPSA) is 74.1 Å². The van der Waals surface area contributed by atoms with E-state index in [1.54, 1.807) is 35.3 Å². The van der Waals surface area contributed by atoms with E-state index < -0.39 is 10.1 Å². The molecule has 0 saturated heterocycles. The van der Waals surface area contributed by atoms with Crippen molar-refractivity contribution < 1.29 is 12.6 Å². The van der Waals surface area contributed by atoms with Crippen LogP contribution in [0.3, 0.4) is 0 Å². The molecule has 2 heterocycles. The second-order valence-electron chi connectivity index (χ2n) is 3.93. The quantitative estimate of drug-likeness (QED) is 0.682. The molecule has 0 N–H and O–H groups in total. The standard InChI is InChI=1S/C12H8ClN3O3S2/c13-11-5-6-12(20-11)21(17,18)19-10-3-1-9(2-4-10)16-8-14-7-15-16/h1-8H. The summed E-state index contributed by atoms with van der Waals surface area (Å²) in [7, 11) is -3.86. The van der Waals surface area contributed by atoms with E-state index >= 15 is 0 Å². The van der Waals surface area contributed by atoms with E-state index in [-0.39, 0.29) is 9.96 Å². The molecule has 3 rings (SSSR count). The van der Waals surface area contributed by atoms with E-state index in [9.17, 15) is 8.42 Å². The Morgan fingerprint density at radius 3 is 2.48 bits per heavy atom. The van der Waals surface area contributed by atoms with Gasteiger partial charge in [-0.2, -0.15) is 13.5 Å². The van der Waals surface area contributed by atoms with Crippen LogP contribution in [0.15, 0.2) is 53.3 Å². The Balaban J connectivity index is 1.82. The number of nitrogens with zero attached hydrogens (tertiary/aromatic N) is 3. The van der Waals surface area contributed by atoms with E-state index in [1.807, 2.05) is 0 Å². The van der Waals surface area contributed by atoms with Crippen LogP contribution in [0.5, 0.6) is 5.75 Å². The first-order valence-corrected chi connectivity index (χ1v) is 8.30. The minimum absolute atomic E-state index is 0.0628. The summed E-state index contributed by atoms with van der Waals surface area (Å²) in [4.78, 5) is 3.84. The van der Waals surface area contributed by atoms with Gasteiger partial charge in [0.1, 0.15) is 18.4 Å². The Morgan fingerprint density at radius 2 is 1.90 bits per heavy atom. The van der Waals surface area contributed by atoms with Gasteiger partial charge in [0.25, 0.3) is 0 Å². The SMILES string of the molecule is O=S(=O)(Oc1ccc(-n2cncn2)cc1)c1ccc(Cl)s1. The molecule has 0 saturated carbocycles. The molecule has 0 aliphatic carbocycles. The van der Waals surface area contributed by atoms with Gasteiger partial charge in [0.05, 0.1) is 10.0 Å². The molecule has 0 aliphatic heterocycles. The minimum atomic E-state index is -3.86. The lowest BCUT2D eigenvalue weighted by molar-refractivity contribution is 0.488. The van der Waals surface area contributed by atoms with Gasteiger partial charge in [0.2, 0.25) is 0 Å². The molecule has 9 heteroatoms. The van der Waals surface area contributed by atoms with Gasteiger partial charge < -0.3 is 4.18 Å². The number of aromatic nitrogens is 3. The van der Waals surface area contributed by atoms with Crippen molar-refractivity contribution in [2.75, 3.05) is 0 Å². The maximum absolute atomic E-state index is 12.0. The zero-order valence-electron chi connectivity index (χ0n) is 10.4. The average Bonchev–Trinajstić information content (AvgIpc) is 3.10. The van der Waals surface area contributed by atoms with Gasteiger partial charge in [0, 0.05) is 0 Å². The average molecular weight is 342 g/mol. The fourth-order valence-electron chi connectivity index (χ4n) is 1.60. The van der Waals surface area contributed by atoms with Crippen molar-refractivity contribution in [1.29, 1.82) is 0 Å². The van der Waals surface area contributed by atoms with E-state index in [1.165, 1.54) is 18.5 Å². The van der Waals surface area contributed by atoms with Gasteiger partial charge in [-0.05, 0) is 36.4 Å². The molecule has 0 radical (unpaired) electrons. The maximum atomic E-state index is 12.0. The number of halogens is 1. The second kappa shape index (κ2) is 5.47. The van der Waals surface area contributed by atoms with Crippen molar-refractivity contribution in [2.45, 2.75) is 4.21 Å². The molecular weight excluding hydrogens is 334 g/mol. The largest absolute Gasteiger partial charge is 0.378 e. The van der Waals surface area contributed by atoms with Crippen molar-refractivity contribution in [2.24, 2.45) is 0 Å². The van der Waals surface area contributed by atoms with Gasteiger partial charge in [0.15, 0.2) is 4.21 Å². The predicted octanol–water partition coefficient (Wildman–Crippen LogP) is 2.75. The van der Waals surface area contributed by atoms with Crippen molar-refractivity contribution in [3.63, 3.8) is 0 Å². The zero-order chi connectivity index (χ0) is 14.9. The third-order valence-corrected chi connectivity index (χ3v) is 5.45. The van der Waals surface area contributed by atoms with Crippen LogP contribution < -0.4 is 4.18 Å². The number of hydrogen-bond acceptors (Lipinski definition) is 6. The molecule has 6 nitrogen and oxygen atoms in total. The highest BCUT2D eigenvalue weighted by molar-refractivity contribution is 7.89. The Labute approximate surface area is 129 Å². The summed E-state index contributed by atoms with van der Waals surface area (Å²) >= 11 is 6.68. The Kier molecular flexibility index (Phi) is 3.66. The Hall–Kier alpha value is -1.90. The zero-order valence-corrected chi connectivity index (χ0v) is 12.8. The molecule has 0 spiro atoms. The van der Waals surface area contributed by atoms with Crippen LogP contribution in [-0.2, 0) is 10.1 Å². The van der Waals surface area contributed by atoms with E-state index in [4.69, 9.17) is 15.8 Å². The summed E-state index contributed by atoms with van der Waals surface area (Å²) in [5, 5.41) is 3.97. The van der Waals surface area contributed by atoms with Crippen LogP contribution >= 0.6 is 22.9 Å². The van der Waals surface area contributed by atoms with Gasteiger partial charge in [-0.3, -0.25) is 0 Å². The maximum Gasteiger partial charge on any atom is 0.348 e. The molecular formula is C12H8ClN3O3S2. The third-order valence-electron chi connectivity index (χ3n) is 2.52. The van der Waals surface area contributed by atoms with Crippen molar-refractivity contribution in [3.8, 4) is 11.4 Å². The Bertz CT molecular complexity index is 842. The summed E-state index contributed by atoms with van der Waals surface area (Å²) < 4.78 is 31.1. The third kappa shape index (κ3) is 3.07. The molecule has 3 aromatic rings. The number of hydrogen-bond donors (Lipinski definition) is 0. The van der Waals surface area contributed by atoms with Crippen molar-refractivity contribution in [3.05, 3.63) is 53.4 Å². The van der Waals surface area contributed by atoms with Crippen LogP contribution in [0.1, 0.15) is 0 Å². The fourth-order valence-corrected chi connectivity index (χ4v) is 3.97. The second-order valence-corrected chi connectivity index (χ2v) is 7.42. The van der Waals surface area contributed by atoms with Crippen LogP contribution in [0.25, 0.3) is 5.69 Å². The normalized spacial score (nSPS) is 11.5. The molecule has 0 unspecified atom stereocenters. The summed E-state index contributed by atoms with van der Waals surface area (Å²) in [6.07, 6.45) is 2.95. The number of rotatable bonds is 4. The van der Waals surface area contributed by atoms with E-state index in [0.29, 0.717) is 4.34 Å². The van der Waals surface area contributed by atoms with Crippen LogP contribution in [0, 0.1) is 0 Å². The summed E-state index contributed by atoms with van der Waals surface area (Å²) in [5.74, 6) is 0.211. The van der Waals surface area contributed by atoms with Gasteiger partial charge in [-0.15, -0.1) is 11.3 Å². The molecule has 0 amide bonds. The monoisotopic (exact) mass is 341 g/mol. The lowest BCUT2D eigenvalue weighted by Crippen LogP contribution is -2.08. The smallest absolute Gasteiger partial charge is 0.348 e. The first kappa shape index (κ1) is 14.1. The predicted molar refractivity (Wildman–Crippen MR) is 78.5 cm³/mol. The first-order valence-electron chi connectivity index (χ1n) is 5.69. The highest BCUT2D eigenvalue weighted by atomic mass is 35.5. The molecule has 0 fully saturated rings. The van der Waals surface area contributed by atoms with Crippen molar-refractivity contribution >= 4 is 33.1 Å². The highest BCUT2D eigenvalue weighted by Gasteiger charge is 2.19. The lowest BCUT2D eigenvalue weighted by Gasteiger charge is -2.06. The molecule has 108 valence electrons. The summed E-state index contributed by atoms with van der Waals surface area (Å²) in [6.45, 7) is 0. The van der Waals surface area contributed by atoms with Gasteiger partial charge >= 0.3 is 10.1 Å². The minimum Gasteiger partial charge on any atom is -0.378 e. The molecule has 0 atom stereocenters. The van der Waals surface area contributed by atoms with Crippen LogP contribution in [0.4, 0.5) is 0 Å². The number of thiophene rings is 1. The Morgan fingerprint density at radius 1 is 1.14 bits per heavy atom. The summed E-state index contributed by atoms with van der Waals surface area (Å²) in [5.41, 5.74) is 0.747. The fraction of sp³-hybridized carbons (Fsp3) is 0. The molecule has 2 aromatic heterocycles. The van der Waals surface area contributed by atoms with Gasteiger partial charge in [-0.1, -0.05) is 11.6 Å². The van der Waals surface area contributed by atoms with Gasteiger partial charge in [-0.25, -0.2) is 9.67 Å². The summed E-state index contributed by atoms with van der Waals surface area (Å²) in [6, 6.07) is 9.37.